The Labute approximate surface area is 139 Å². The monoisotopic (exact) mass is 274 g/mol. The number of carboxylic acids is 1. The van der Waals surface area contributed by atoms with E-state index in [4.69, 9.17) is 0 Å². The largest absolute Gasteiger partial charge is 1.00 e. The predicted octanol–water partition coefficient (Wildman–Crippen LogP) is -1.31. The SMILES string of the molecule is O=C([O-])C(=O)/C=C/c1ccc(-c2ccccc2)cc1.[Na+]. The molecule has 0 unspecified atom stereocenters. The molecule has 20 heavy (non-hydrogen) atoms. The molecule has 0 aliphatic heterocycles. The van der Waals surface area contributed by atoms with Crippen molar-refractivity contribution in [1.29, 1.82) is 0 Å². The minimum absolute atomic E-state index is 0. The van der Waals surface area contributed by atoms with Gasteiger partial charge in [-0.05, 0) is 22.8 Å². The Hall–Kier alpha value is -1.68. The molecule has 0 aromatic heterocycles. The molecule has 2 rings (SSSR count). The standard InChI is InChI=1S/C16H12O3.Na/c17-15(16(18)19)11-8-12-6-9-14(10-7-12)13-4-2-1-3-5-13;/h1-11H,(H,18,19);/q;+1/p-1/b11-8+;. The first-order valence-corrected chi connectivity index (χ1v) is 5.76. The van der Waals surface area contributed by atoms with Crippen LogP contribution in [0.25, 0.3) is 17.2 Å². The van der Waals surface area contributed by atoms with Gasteiger partial charge in [-0.1, -0.05) is 60.7 Å². The van der Waals surface area contributed by atoms with Crippen molar-refractivity contribution in [3.8, 4) is 11.1 Å². The van der Waals surface area contributed by atoms with Gasteiger partial charge in [0.05, 0.1) is 0 Å². The zero-order valence-electron chi connectivity index (χ0n) is 11.1. The van der Waals surface area contributed by atoms with E-state index in [9.17, 15) is 14.7 Å². The Balaban J connectivity index is 0.00000200. The molecule has 0 fully saturated rings. The number of hydrogen-bond donors (Lipinski definition) is 0. The van der Waals surface area contributed by atoms with E-state index in [1.54, 1.807) is 0 Å². The van der Waals surface area contributed by atoms with Gasteiger partial charge in [-0.2, -0.15) is 0 Å². The van der Waals surface area contributed by atoms with Gasteiger partial charge in [0.25, 0.3) is 0 Å². The minimum atomic E-state index is -1.70. The molecule has 2 aromatic carbocycles. The van der Waals surface area contributed by atoms with Gasteiger partial charge in [-0.25, -0.2) is 0 Å². The minimum Gasteiger partial charge on any atom is -0.541 e. The quantitative estimate of drug-likeness (QED) is 0.395. The van der Waals surface area contributed by atoms with E-state index >= 15 is 0 Å². The van der Waals surface area contributed by atoms with Crippen molar-refractivity contribution in [2.24, 2.45) is 0 Å². The van der Waals surface area contributed by atoms with Crippen LogP contribution >= 0.6 is 0 Å². The van der Waals surface area contributed by atoms with Crippen molar-refractivity contribution in [2.75, 3.05) is 0 Å². The summed E-state index contributed by atoms with van der Waals surface area (Å²) in [6.07, 6.45) is 2.44. The molecule has 2 aromatic rings. The fourth-order valence-electron chi connectivity index (χ4n) is 1.66. The van der Waals surface area contributed by atoms with Crippen LogP contribution in [0.15, 0.2) is 60.7 Å². The zero-order valence-corrected chi connectivity index (χ0v) is 13.1. The molecule has 0 aliphatic rings. The van der Waals surface area contributed by atoms with Crippen LogP contribution in [0.1, 0.15) is 5.56 Å². The molecule has 0 saturated carbocycles. The van der Waals surface area contributed by atoms with E-state index < -0.39 is 11.8 Å². The summed E-state index contributed by atoms with van der Waals surface area (Å²) in [4.78, 5) is 21.1. The molecule has 0 amide bonds. The third kappa shape index (κ3) is 4.46. The topological polar surface area (TPSA) is 57.2 Å². The van der Waals surface area contributed by atoms with Crippen LogP contribution in [0.3, 0.4) is 0 Å². The third-order valence-corrected chi connectivity index (χ3v) is 2.65. The van der Waals surface area contributed by atoms with Crippen molar-refractivity contribution >= 4 is 17.8 Å². The average Bonchev–Trinajstić information content (AvgIpc) is 2.46. The number of ketones is 1. The van der Waals surface area contributed by atoms with Crippen LogP contribution in [0, 0.1) is 0 Å². The summed E-state index contributed by atoms with van der Waals surface area (Å²) in [5.41, 5.74) is 2.92. The maximum atomic E-state index is 10.9. The Bertz CT molecular complexity index is 616. The summed E-state index contributed by atoms with van der Waals surface area (Å²) in [5, 5.41) is 10.2. The van der Waals surface area contributed by atoms with Crippen molar-refractivity contribution in [2.45, 2.75) is 0 Å². The molecular weight excluding hydrogens is 263 g/mol. The third-order valence-electron chi connectivity index (χ3n) is 2.65. The zero-order chi connectivity index (χ0) is 13.7. The van der Waals surface area contributed by atoms with Crippen LogP contribution in [0.2, 0.25) is 0 Å². The van der Waals surface area contributed by atoms with Gasteiger partial charge in [-0.15, -0.1) is 0 Å². The first kappa shape index (κ1) is 16.4. The van der Waals surface area contributed by atoms with Crippen molar-refractivity contribution in [1.82, 2.24) is 0 Å². The number of aliphatic carboxylic acids is 1. The number of hydrogen-bond acceptors (Lipinski definition) is 3. The van der Waals surface area contributed by atoms with Gasteiger partial charge < -0.3 is 9.90 Å². The number of carbonyl (C=O) groups excluding carboxylic acids is 2. The average molecular weight is 274 g/mol. The molecular formula is C16H11NaO3. The number of benzene rings is 2. The second-order valence-corrected chi connectivity index (χ2v) is 3.97. The first-order chi connectivity index (χ1) is 9.16. The van der Waals surface area contributed by atoms with Gasteiger partial charge in [0.15, 0.2) is 0 Å². The molecule has 0 bridgehead atoms. The van der Waals surface area contributed by atoms with E-state index in [0.717, 1.165) is 22.8 Å². The van der Waals surface area contributed by atoms with Crippen LogP contribution in [0.4, 0.5) is 0 Å². The molecule has 0 N–H and O–H groups in total. The van der Waals surface area contributed by atoms with Crippen LogP contribution in [0.5, 0.6) is 0 Å². The van der Waals surface area contributed by atoms with Gasteiger partial charge in [0.2, 0.25) is 5.78 Å². The maximum Gasteiger partial charge on any atom is 1.00 e. The second-order valence-electron chi connectivity index (χ2n) is 3.97. The summed E-state index contributed by atoms with van der Waals surface area (Å²) in [6.45, 7) is 0. The molecule has 0 aliphatic carbocycles. The number of carboxylic acid groups (broad SMARTS) is 1. The van der Waals surface area contributed by atoms with E-state index in [1.807, 2.05) is 54.6 Å². The molecule has 94 valence electrons. The van der Waals surface area contributed by atoms with Crippen LogP contribution in [-0.4, -0.2) is 11.8 Å². The van der Waals surface area contributed by atoms with E-state index in [0.29, 0.717) is 0 Å². The fraction of sp³-hybridized carbons (Fsp3) is 0. The van der Waals surface area contributed by atoms with Crippen molar-refractivity contribution in [3.05, 3.63) is 66.2 Å². The number of carbonyl (C=O) groups is 2. The Morgan fingerprint density at radius 1 is 0.850 bits per heavy atom. The maximum absolute atomic E-state index is 10.9. The Morgan fingerprint density at radius 3 is 1.95 bits per heavy atom. The Morgan fingerprint density at radius 2 is 1.40 bits per heavy atom. The molecule has 0 atom stereocenters. The molecule has 0 heterocycles. The van der Waals surface area contributed by atoms with Gasteiger partial charge >= 0.3 is 29.6 Å². The molecule has 0 spiro atoms. The smallest absolute Gasteiger partial charge is 0.541 e. The molecule has 0 saturated heterocycles. The van der Waals surface area contributed by atoms with Gasteiger partial charge in [0.1, 0.15) is 5.97 Å². The van der Waals surface area contributed by atoms with Crippen LogP contribution < -0.4 is 34.7 Å². The predicted molar refractivity (Wildman–Crippen MR) is 70.9 cm³/mol. The summed E-state index contributed by atoms with van der Waals surface area (Å²) >= 11 is 0. The van der Waals surface area contributed by atoms with Gasteiger partial charge in [-0.3, -0.25) is 4.79 Å². The summed E-state index contributed by atoms with van der Waals surface area (Å²) in [5.74, 6) is -2.73. The summed E-state index contributed by atoms with van der Waals surface area (Å²) in [6, 6.07) is 17.4. The molecule has 4 heteroatoms. The Kier molecular flexibility index (Phi) is 6.39. The van der Waals surface area contributed by atoms with E-state index in [2.05, 4.69) is 0 Å². The first-order valence-electron chi connectivity index (χ1n) is 5.76. The van der Waals surface area contributed by atoms with E-state index in [-0.39, 0.29) is 29.6 Å². The fourth-order valence-corrected chi connectivity index (χ4v) is 1.66. The van der Waals surface area contributed by atoms with Gasteiger partial charge in [0, 0.05) is 0 Å². The molecule has 3 nitrogen and oxygen atoms in total. The van der Waals surface area contributed by atoms with Crippen LogP contribution in [-0.2, 0) is 9.59 Å². The second kappa shape index (κ2) is 7.80. The molecule has 0 radical (unpaired) electrons. The summed E-state index contributed by atoms with van der Waals surface area (Å²) in [7, 11) is 0. The van der Waals surface area contributed by atoms with Crippen molar-refractivity contribution in [3.63, 3.8) is 0 Å². The number of rotatable bonds is 4. The normalized spacial score (nSPS) is 10.0. The summed E-state index contributed by atoms with van der Waals surface area (Å²) < 4.78 is 0. The van der Waals surface area contributed by atoms with Crippen molar-refractivity contribution < 1.29 is 44.3 Å². The van der Waals surface area contributed by atoms with E-state index in [1.165, 1.54) is 6.08 Å².